The first-order valence-electron chi connectivity index (χ1n) is 13.2. The second-order valence-corrected chi connectivity index (χ2v) is 10.2. The van der Waals surface area contributed by atoms with E-state index >= 15 is 0 Å². The number of ether oxygens (including phenoxy) is 1. The van der Waals surface area contributed by atoms with E-state index in [-0.39, 0.29) is 23.7 Å². The van der Waals surface area contributed by atoms with Crippen molar-refractivity contribution in [3.8, 4) is 22.6 Å². The predicted octanol–water partition coefficient (Wildman–Crippen LogP) is 4.24. The summed E-state index contributed by atoms with van der Waals surface area (Å²) in [6, 6.07) is 20.1. The topological polar surface area (TPSA) is 141 Å². The highest BCUT2D eigenvalue weighted by Gasteiger charge is 2.29. The molecule has 0 spiro atoms. The third kappa shape index (κ3) is 5.53. The number of fused-ring (bicyclic) bond motifs is 1. The van der Waals surface area contributed by atoms with Crippen molar-refractivity contribution in [1.29, 1.82) is 0 Å². The first kappa shape index (κ1) is 25.9. The van der Waals surface area contributed by atoms with Crippen LogP contribution in [0, 0.1) is 0 Å². The molecule has 0 saturated carbocycles. The highest BCUT2D eigenvalue weighted by Crippen LogP contribution is 2.28. The fourth-order valence-electron chi connectivity index (χ4n) is 4.99. The van der Waals surface area contributed by atoms with Gasteiger partial charge < -0.3 is 26.4 Å². The van der Waals surface area contributed by atoms with E-state index in [1.165, 1.54) is 0 Å². The van der Waals surface area contributed by atoms with Crippen molar-refractivity contribution < 1.29 is 14.3 Å². The second kappa shape index (κ2) is 10.6. The van der Waals surface area contributed by atoms with Crippen LogP contribution in [0.15, 0.2) is 85.3 Å². The molecule has 0 radical (unpaired) electrons. The molecular formula is C31H29N7O3. The number of aryl methyl sites for hydroxylation is 1. The lowest BCUT2D eigenvalue weighted by Crippen LogP contribution is -2.38. The third-order valence-electron chi connectivity index (χ3n) is 7.19. The second-order valence-electron chi connectivity index (χ2n) is 10.2. The Morgan fingerprint density at radius 2 is 1.68 bits per heavy atom. The molecular weight excluding hydrogens is 518 g/mol. The number of hydrogen-bond donors (Lipinski definition) is 3. The largest absolute Gasteiger partial charge is 0.457 e. The molecule has 41 heavy (non-hydrogen) atoms. The number of nitrogens with two attached hydrogens (primary N) is 2. The summed E-state index contributed by atoms with van der Waals surface area (Å²) in [5.41, 5.74) is 14.9. The Morgan fingerprint density at radius 1 is 0.927 bits per heavy atom. The number of amides is 2. The zero-order chi connectivity index (χ0) is 28.5. The van der Waals surface area contributed by atoms with E-state index in [0.29, 0.717) is 47.8 Å². The lowest BCUT2D eigenvalue weighted by molar-refractivity contribution is 0.0783. The van der Waals surface area contributed by atoms with E-state index in [4.69, 9.17) is 16.2 Å². The molecule has 0 unspecified atom stereocenters. The van der Waals surface area contributed by atoms with Gasteiger partial charge in [-0.2, -0.15) is 5.10 Å². The quantitative estimate of drug-likeness (QED) is 0.270. The molecule has 10 nitrogen and oxygen atoms in total. The fraction of sp³-hybridized carbons (Fsp3) is 0.161. The van der Waals surface area contributed by atoms with Crippen LogP contribution in [0.5, 0.6) is 11.5 Å². The van der Waals surface area contributed by atoms with Gasteiger partial charge in [0.2, 0.25) is 0 Å². The maximum Gasteiger partial charge on any atom is 0.255 e. The maximum absolute atomic E-state index is 13.3. The van der Waals surface area contributed by atoms with E-state index in [2.05, 4.69) is 15.4 Å². The van der Waals surface area contributed by atoms with Gasteiger partial charge in [-0.25, -0.2) is 4.98 Å². The SMILES string of the molecule is Cn1cc(-c2cnc(N)c(C(=O)N[C@@H]3CCN(C(=O)c4ccc5cc(Oc6ccc(N)cc6)ccc5c4)C3)c2)cn1. The summed E-state index contributed by atoms with van der Waals surface area (Å²) in [7, 11) is 1.82. The van der Waals surface area contributed by atoms with Crippen molar-refractivity contribution >= 4 is 34.1 Å². The number of nitrogens with zero attached hydrogens (tertiary/aromatic N) is 4. The van der Waals surface area contributed by atoms with Gasteiger partial charge >= 0.3 is 0 Å². The molecule has 1 aliphatic rings. The molecule has 1 saturated heterocycles. The van der Waals surface area contributed by atoms with Gasteiger partial charge in [0, 0.05) is 61.0 Å². The van der Waals surface area contributed by atoms with Crippen LogP contribution >= 0.6 is 0 Å². The van der Waals surface area contributed by atoms with Gasteiger partial charge in [-0.1, -0.05) is 12.1 Å². The number of nitrogen functional groups attached to an aromatic ring is 2. The Balaban J connectivity index is 1.10. The van der Waals surface area contributed by atoms with Crippen molar-refractivity contribution in [2.45, 2.75) is 12.5 Å². The summed E-state index contributed by atoms with van der Waals surface area (Å²) in [6.07, 6.45) is 5.82. The van der Waals surface area contributed by atoms with Crippen molar-refractivity contribution in [2.75, 3.05) is 24.6 Å². The Morgan fingerprint density at radius 3 is 2.46 bits per heavy atom. The molecule has 1 fully saturated rings. The predicted molar refractivity (Wildman–Crippen MR) is 158 cm³/mol. The number of anilines is 2. The van der Waals surface area contributed by atoms with Crippen molar-refractivity contribution in [2.24, 2.45) is 7.05 Å². The fourth-order valence-corrected chi connectivity index (χ4v) is 4.99. The van der Waals surface area contributed by atoms with E-state index in [0.717, 1.165) is 21.9 Å². The van der Waals surface area contributed by atoms with Crippen molar-refractivity contribution in [3.63, 3.8) is 0 Å². The van der Waals surface area contributed by atoms with Crippen molar-refractivity contribution in [3.05, 3.63) is 96.4 Å². The number of hydrogen-bond acceptors (Lipinski definition) is 7. The minimum atomic E-state index is -0.317. The van der Waals surface area contributed by atoms with Crippen LogP contribution in [0.2, 0.25) is 0 Å². The van der Waals surface area contributed by atoms with E-state index in [1.807, 2.05) is 61.8 Å². The minimum absolute atomic E-state index is 0.0781. The number of likely N-dealkylation sites (tertiary alicyclic amines) is 1. The number of nitrogens with one attached hydrogen (secondary N) is 1. The molecule has 5 N–H and O–H groups in total. The number of benzene rings is 3. The van der Waals surface area contributed by atoms with Gasteiger partial charge in [0.05, 0.1) is 11.8 Å². The van der Waals surface area contributed by atoms with Gasteiger partial charge in [0.1, 0.15) is 17.3 Å². The summed E-state index contributed by atoms with van der Waals surface area (Å²) in [4.78, 5) is 32.4. The van der Waals surface area contributed by atoms with E-state index in [9.17, 15) is 9.59 Å². The standard InChI is InChI=1S/C31H29N7O3/c1-37-17-23(16-35-37)22-14-28(29(33)34-15-22)30(39)36-25-10-11-38(18-25)31(40)21-3-2-20-13-27(7-4-19(20)12-21)41-26-8-5-24(32)6-9-26/h2-9,12-17,25H,10-11,18,32H2,1H3,(H2,33,34)(H,36,39)/t25-/m1/s1. The third-order valence-corrected chi connectivity index (χ3v) is 7.19. The number of rotatable bonds is 6. The first-order chi connectivity index (χ1) is 19.8. The highest BCUT2D eigenvalue weighted by atomic mass is 16.5. The molecule has 0 bridgehead atoms. The summed E-state index contributed by atoms with van der Waals surface area (Å²) in [5, 5.41) is 9.08. The first-order valence-corrected chi connectivity index (χ1v) is 13.2. The van der Waals surface area contributed by atoms with Crippen LogP contribution in [0.25, 0.3) is 21.9 Å². The van der Waals surface area contributed by atoms with Crippen LogP contribution in [0.1, 0.15) is 27.1 Å². The van der Waals surface area contributed by atoms with Crippen LogP contribution in [-0.2, 0) is 7.05 Å². The Kier molecular flexibility index (Phi) is 6.72. The zero-order valence-electron chi connectivity index (χ0n) is 22.4. The van der Waals surface area contributed by atoms with Gasteiger partial charge in [0.15, 0.2) is 0 Å². The lowest BCUT2D eigenvalue weighted by Gasteiger charge is -2.18. The lowest BCUT2D eigenvalue weighted by atomic mass is 10.1. The molecule has 3 heterocycles. The summed E-state index contributed by atoms with van der Waals surface area (Å²) >= 11 is 0. The summed E-state index contributed by atoms with van der Waals surface area (Å²) in [6.45, 7) is 0.951. The van der Waals surface area contributed by atoms with Crippen LogP contribution in [-0.4, -0.2) is 50.6 Å². The van der Waals surface area contributed by atoms with E-state index < -0.39 is 0 Å². The molecule has 1 aliphatic heterocycles. The average Bonchev–Trinajstić information content (AvgIpc) is 3.63. The number of carbonyl (C=O) groups excluding carboxylic acids is 2. The molecule has 10 heteroatoms. The average molecular weight is 548 g/mol. The number of pyridine rings is 1. The molecule has 1 atom stereocenters. The molecule has 3 aromatic carbocycles. The molecule has 6 rings (SSSR count). The smallest absolute Gasteiger partial charge is 0.255 e. The Bertz CT molecular complexity index is 1760. The minimum Gasteiger partial charge on any atom is -0.457 e. The maximum atomic E-state index is 13.3. The van der Waals surface area contributed by atoms with Crippen LogP contribution in [0.4, 0.5) is 11.5 Å². The molecule has 2 amide bonds. The highest BCUT2D eigenvalue weighted by molar-refractivity contribution is 6.00. The molecule has 0 aliphatic carbocycles. The Labute approximate surface area is 236 Å². The Hall–Kier alpha value is -5.38. The zero-order valence-corrected chi connectivity index (χ0v) is 22.4. The van der Waals surface area contributed by atoms with Crippen LogP contribution in [0.3, 0.4) is 0 Å². The number of aromatic nitrogens is 3. The van der Waals surface area contributed by atoms with E-state index in [1.54, 1.807) is 40.2 Å². The normalized spacial score (nSPS) is 14.8. The van der Waals surface area contributed by atoms with Gasteiger partial charge in [-0.15, -0.1) is 0 Å². The molecule has 206 valence electrons. The van der Waals surface area contributed by atoms with Crippen molar-refractivity contribution in [1.82, 2.24) is 25.0 Å². The number of carbonyl (C=O) groups is 2. The van der Waals surface area contributed by atoms with Gasteiger partial charge in [-0.05, 0) is 71.8 Å². The summed E-state index contributed by atoms with van der Waals surface area (Å²) < 4.78 is 7.61. The molecule has 2 aromatic heterocycles. The van der Waals surface area contributed by atoms with Crippen LogP contribution < -0.4 is 21.5 Å². The monoisotopic (exact) mass is 547 g/mol. The van der Waals surface area contributed by atoms with Gasteiger partial charge in [-0.3, -0.25) is 14.3 Å². The van der Waals surface area contributed by atoms with Gasteiger partial charge in [0.25, 0.3) is 11.8 Å². The summed E-state index contributed by atoms with van der Waals surface area (Å²) in [5.74, 6) is 1.15. The molecule has 5 aromatic rings.